The molecule has 0 saturated heterocycles. The van der Waals surface area contributed by atoms with Gasteiger partial charge in [0.1, 0.15) is 0 Å². The van der Waals surface area contributed by atoms with Crippen molar-refractivity contribution >= 4 is 6.21 Å². The van der Waals surface area contributed by atoms with Crippen molar-refractivity contribution in [3.8, 4) is 0 Å². The molecular weight excluding hydrogens is 230 g/mol. The van der Waals surface area contributed by atoms with Crippen molar-refractivity contribution in [1.29, 1.82) is 0 Å². The summed E-state index contributed by atoms with van der Waals surface area (Å²) in [5.74, 6) is 0.701. The van der Waals surface area contributed by atoms with Crippen LogP contribution in [0.15, 0.2) is 17.1 Å². The lowest BCUT2D eigenvalue weighted by Gasteiger charge is -2.44. The molecule has 1 aliphatic heterocycles. The van der Waals surface area contributed by atoms with Gasteiger partial charge in [-0.05, 0) is 48.5 Å². The van der Waals surface area contributed by atoms with Gasteiger partial charge in [0, 0.05) is 6.21 Å². The van der Waals surface area contributed by atoms with Gasteiger partial charge in [0.15, 0.2) is 0 Å². The Morgan fingerprint density at radius 3 is 2.58 bits per heavy atom. The van der Waals surface area contributed by atoms with Crippen LogP contribution < -0.4 is 0 Å². The quantitative estimate of drug-likeness (QED) is 0.553. The topological polar surface area (TPSA) is 12.4 Å². The third-order valence-electron chi connectivity index (χ3n) is 5.78. The van der Waals surface area contributed by atoms with Crippen molar-refractivity contribution in [3.63, 3.8) is 0 Å². The number of dihydropyridines is 1. The van der Waals surface area contributed by atoms with Crippen molar-refractivity contribution in [2.75, 3.05) is 0 Å². The van der Waals surface area contributed by atoms with E-state index in [0.29, 0.717) is 22.8 Å². The fourth-order valence-corrected chi connectivity index (χ4v) is 3.58. The molecule has 0 N–H and O–H groups in total. The highest BCUT2D eigenvalue weighted by Gasteiger charge is 2.37. The van der Waals surface area contributed by atoms with E-state index in [2.05, 4.69) is 39.8 Å². The number of rotatable bonds is 0. The molecule has 3 unspecified atom stereocenters. The van der Waals surface area contributed by atoms with Crippen LogP contribution in [0.25, 0.3) is 0 Å². The summed E-state index contributed by atoms with van der Waals surface area (Å²) in [6.07, 6.45) is 16.0. The minimum Gasteiger partial charge on any atom is -0.289 e. The van der Waals surface area contributed by atoms with Gasteiger partial charge in [0.25, 0.3) is 0 Å². The maximum atomic E-state index is 4.76. The minimum atomic E-state index is 0.399. The zero-order valence-corrected chi connectivity index (χ0v) is 13.3. The first-order chi connectivity index (χ1) is 8.92. The number of hydrogen-bond acceptors (Lipinski definition) is 1. The average Bonchev–Trinajstić information content (AvgIpc) is 2.36. The van der Waals surface area contributed by atoms with E-state index >= 15 is 0 Å². The van der Waals surface area contributed by atoms with E-state index in [-0.39, 0.29) is 0 Å². The van der Waals surface area contributed by atoms with Gasteiger partial charge in [-0.3, -0.25) is 4.99 Å². The highest BCUT2D eigenvalue weighted by Crippen LogP contribution is 2.47. The molecule has 0 bridgehead atoms. The summed E-state index contributed by atoms with van der Waals surface area (Å²) < 4.78 is 0. The van der Waals surface area contributed by atoms with E-state index < -0.39 is 0 Å². The number of hydrogen-bond donors (Lipinski definition) is 0. The van der Waals surface area contributed by atoms with Crippen LogP contribution in [0.4, 0.5) is 0 Å². The van der Waals surface area contributed by atoms with E-state index in [1.54, 1.807) is 0 Å². The second-order valence-corrected chi connectivity index (χ2v) is 7.86. The van der Waals surface area contributed by atoms with Crippen LogP contribution >= 0.6 is 0 Å². The van der Waals surface area contributed by atoms with Crippen molar-refractivity contribution in [2.45, 2.75) is 78.7 Å². The van der Waals surface area contributed by atoms with E-state index in [1.165, 1.54) is 44.9 Å². The molecule has 1 heterocycles. The normalized spacial score (nSPS) is 36.8. The SMILES string of the molecule is CC(C)(C)C1(C)CCCCCC2C=CC=NC2CC1. The first-order valence-electron chi connectivity index (χ1n) is 8.12. The Kier molecular flexibility index (Phi) is 4.53. The van der Waals surface area contributed by atoms with Crippen LogP contribution in [-0.2, 0) is 0 Å². The monoisotopic (exact) mass is 261 g/mol. The maximum Gasteiger partial charge on any atom is 0.0562 e. The molecule has 108 valence electrons. The average molecular weight is 261 g/mol. The number of allylic oxidation sites excluding steroid dienone is 1. The largest absolute Gasteiger partial charge is 0.289 e. The van der Waals surface area contributed by atoms with Crippen LogP contribution in [0.3, 0.4) is 0 Å². The van der Waals surface area contributed by atoms with E-state index in [9.17, 15) is 0 Å². The third kappa shape index (κ3) is 3.49. The summed E-state index contributed by atoms with van der Waals surface area (Å²) in [5.41, 5.74) is 0.863. The van der Waals surface area contributed by atoms with Crippen molar-refractivity contribution in [2.24, 2.45) is 21.7 Å². The van der Waals surface area contributed by atoms with Crippen molar-refractivity contribution in [1.82, 2.24) is 0 Å². The van der Waals surface area contributed by atoms with Gasteiger partial charge < -0.3 is 0 Å². The molecule has 0 aromatic carbocycles. The molecule has 1 aliphatic carbocycles. The van der Waals surface area contributed by atoms with Gasteiger partial charge in [-0.1, -0.05) is 53.0 Å². The van der Waals surface area contributed by atoms with Crippen molar-refractivity contribution in [3.05, 3.63) is 12.2 Å². The predicted molar refractivity (Wildman–Crippen MR) is 84.8 cm³/mol. The Hall–Kier alpha value is -0.590. The molecule has 0 radical (unpaired) electrons. The van der Waals surface area contributed by atoms with Gasteiger partial charge in [0.05, 0.1) is 6.04 Å². The Morgan fingerprint density at radius 1 is 1.05 bits per heavy atom. The highest BCUT2D eigenvalue weighted by atomic mass is 14.8. The van der Waals surface area contributed by atoms with Gasteiger partial charge in [0.2, 0.25) is 0 Å². The van der Waals surface area contributed by atoms with Gasteiger partial charge in [-0.25, -0.2) is 0 Å². The van der Waals surface area contributed by atoms with Gasteiger partial charge in [-0.15, -0.1) is 0 Å². The Morgan fingerprint density at radius 2 is 1.84 bits per heavy atom. The molecule has 1 heteroatoms. The van der Waals surface area contributed by atoms with Crippen LogP contribution in [0.5, 0.6) is 0 Å². The summed E-state index contributed by atoms with van der Waals surface area (Å²) in [7, 11) is 0. The van der Waals surface area contributed by atoms with Crippen LogP contribution in [0.2, 0.25) is 0 Å². The first-order valence-corrected chi connectivity index (χ1v) is 8.12. The summed E-state index contributed by atoms with van der Waals surface area (Å²) in [5, 5.41) is 0. The summed E-state index contributed by atoms with van der Waals surface area (Å²) in [6, 6.07) is 0.546. The molecule has 0 aromatic heterocycles. The fourth-order valence-electron chi connectivity index (χ4n) is 3.58. The zero-order valence-electron chi connectivity index (χ0n) is 13.3. The predicted octanol–water partition coefficient (Wildman–Crippen LogP) is 5.41. The molecule has 2 aliphatic rings. The first kappa shape index (κ1) is 14.8. The van der Waals surface area contributed by atoms with E-state index in [4.69, 9.17) is 4.99 Å². The lowest BCUT2D eigenvalue weighted by atomic mass is 9.62. The smallest absolute Gasteiger partial charge is 0.0562 e. The molecule has 0 amide bonds. The Balaban J connectivity index is 2.11. The second kappa shape index (κ2) is 5.81. The van der Waals surface area contributed by atoms with Crippen LogP contribution in [-0.4, -0.2) is 12.3 Å². The molecule has 1 saturated carbocycles. The molecule has 0 spiro atoms. The molecule has 0 aromatic rings. The van der Waals surface area contributed by atoms with Gasteiger partial charge >= 0.3 is 0 Å². The molecule has 2 rings (SSSR count). The lowest BCUT2D eigenvalue weighted by Crippen LogP contribution is -2.35. The molecule has 1 nitrogen and oxygen atoms in total. The lowest BCUT2D eigenvalue weighted by molar-refractivity contribution is 0.0722. The number of nitrogens with zero attached hydrogens (tertiary/aromatic N) is 1. The molecule has 3 atom stereocenters. The summed E-state index contributed by atoms with van der Waals surface area (Å²) in [6.45, 7) is 9.76. The minimum absolute atomic E-state index is 0.399. The second-order valence-electron chi connectivity index (χ2n) is 7.86. The zero-order chi connectivity index (χ0) is 13.9. The Labute approximate surface area is 119 Å². The number of aliphatic imine (C=N–C) groups is 1. The number of fused-ring (bicyclic) bond motifs is 1. The third-order valence-corrected chi connectivity index (χ3v) is 5.78. The van der Waals surface area contributed by atoms with Crippen LogP contribution in [0.1, 0.15) is 72.6 Å². The fraction of sp³-hybridized carbons (Fsp3) is 0.833. The molecule has 19 heavy (non-hydrogen) atoms. The van der Waals surface area contributed by atoms with E-state index in [1.807, 2.05) is 6.21 Å². The molecular formula is C18H31N. The van der Waals surface area contributed by atoms with Gasteiger partial charge in [-0.2, -0.15) is 0 Å². The van der Waals surface area contributed by atoms with E-state index in [0.717, 1.165) is 0 Å². The molecule has 1 fully saturated rings. The Bertz CT molecular complexity index is 347. The standard InChI is InChI=1S/C18H31N/c1-17(2,3)18(4)12-7-5-6-9-15-10-8-14-19-16(15)11-13-18/h8,10,14-16H,5-7,9,11-13H2,1-4H3. The van der Waals surface area contributed by atoms with Crippen LogP contribution in [0, 0.1) is 16.7 Å². The highest BCUT2D eigenvalue weighted by molar-refractivity contribution is 5.72. The summed E-state index contributed by atoms with van der Waals surface area (Å²) >= 11 is 0. The summed E-state index contributed by atoms with van der Waals surface area (Å²) in [4.78, 5) is 4.76. The van der Waals surface area contributed by atoms with Crippen molar-refractivity contribution < 1.29 is 0 Å². The maximum absolute atomic E-state index is 4.76.